The van der Waals surface area contributed by atoms with Gasteiger partial charge in [-0.05, 0) is 24.5 Å². The third-order valence-corrected chi connectivity index (χ3v) is 3.60. The molecule has 0 aromatic heterocycles. The van der Waals surface area contributed by atoms with Gasteiger partial charge in [0.25, 0.3) is 5.69 Å². The molecule has 0 aliphatic carbocycles. The molecule has 2 heterocycles. The minimum atomic E-state index is -0.380. The number of non-ortho nitro benzene ring substituents is 1. The van der Waals surface area contributed by atoms with Crippen LogP contribution in [0.1, 0.15) is 12.0 Å². The second-order valence-electron chi connectivity index (χ2n) is 4.61. The number of carbonyl (C=O) groups is 1. The first-order valence-electron chi connectivity index (χ1n) is 5.98. The van der Waals surface area contributed by atoms with Gasteiger partial charge in [-0.3, -0.25) is 14.9 Å². The van der Waals surface area contributed by atoms with Crippen LogP contribution in [0.4, 0.5) is 11.4 Å². The van der Waals surface area contributed by atoms with Gasteiger partial charge in [0.1, 0.15) is 6.04 Å². The van der Waals surface area contributed by atoms with Crippen LogP contribution in [0, 0.1) is 10.1 Å². The molecule has 0 radical (unpaired) electrons. The lowest BCUT2D eigenvalue weighted by molar-refractivity contribution is -0.384. The Morgan fingerprint density at radius 3 is 3.06 bits per heavy atom. The SMILES string of the molecule is O=C1NCCN2c3ccc([N+](=O)[O-])cc3CCC12. The number of benzene rings is 1. The largest absolute Gasteiger partial charge is 0.358 e. The van der Waals surface area contributed by atoms with Gasteiger partial charge >= 0.3 is 0 Å². The molecule has 94 valence electrons. The highest BCUT2D eigenvalue weighted by Gasteiger charge is 2.34. The van der Waals surface area contributed by atoms with E-state index in [9.17, 15) is 14.9 Å². The molecule has 0 spiro atoms. The molecule has 1 fully saturated rings. The first-order valence-corrected chi connectivity index (χ1v) is 5.98. The van der Waals surface area contributed by atoms with E-state index in [1.165, 1.54) is 6.07 Å². The smallest absolute Gasteiger partial charge is 0.269 e. The summed E-state index contributed by atoms with van der Waals surface area (Å²) in [6, 6.07) is 4.78. The first-order chi connectivity index (χ1) is 8.66. The summed E-state index contributed by atoms with van der Waals surface area (Å²) in [5, 5.41) is 13.6. The van der Waals surface area contributed by atoms with Crippen LogP contribution in [0.5, 0.6) is 0 Å². The number of nitrogens with one attached hydrogen (secondary N) is 1. The van der Waals surface area contributed by atoms with Crippen LogP contribution in [0.2, 0.25) is 0 Å². The van der Waals surface area contributed by atoms with Gasteiger partial charge < -0.3 is 10.2 Å². The molecule has 1 aromatic rings. The second kappa shape index (κ2) is 3.97. The Balaban J connectivity index is 2.00. The summed E-state index contributed by atoms with van der Waals surface area (Å²) in [4.78, 5) is 24.2. The standard InChI is InChI=1S/C12H13N3O3/c16-12-11-3-1-8-7-9(15(17)18)2-4-10(8)14(11)6-5-13-12/h2,4,7,11H,1,3,5-6H2,(H,13,16). The first kappa shape index (κ1) is 11.0. The number of hydrogen-bond acceptors (Lipinski definition) is 4. The maximum atomic E-state index is 11.8. The number of carbonyl (C=O) groups excluding carboxylic acids is 1. The molecule has 2 aliphatic rings. The molecule has 1 atom stereocenters. The maximum absolute atomic E-state index is 11.8. The highest BCUT2D eigenvalue weighted by Crippen LogP contribution is 2.33. The van der Waals surface area contributed by atoms with Gasteiger partial charge in [-0.25, -0.2) is 0 Å². The van der Waals surface area contributed by atoms with E-state index in [0.29, 0.717) is 13.0 Å². The Hall–Kier alpha value is -2.11. The van der Waals surface area contributed by atoms with Crippen LogP contribution < -0.4 is 10.2 Å². The Bertz CT molecular complexity index is 529. The number of fused-ring (bicyclic) bond motifs is 3. The molecule has 6 nitrogen and oxygen atoms in total. The molecule has 18 heavy (non-hydrogen) atoms. The molecule has 1 aromatic carbocycles. The van der Waals surface area contributed by atoms with E-state index in [4.69, 9.17) is 0 Å². The number of nitrogens with zero attached hydrogens (tertiary/aromatic N) is 2. The molecule has 6 heteroatoms. The second-order valence-corrected chi connectivity index (χ2v) is 4.61. The molecule has 0 saturated carbocycles. The van der Waals surface area contributed by atoms with Crippen molar-refractivity contribution in [3.05, 3.63) is 33.9 Å². The Kier molecular flexibility index (Phi) is 2.43. The van der Waals surface area contributed by atoms with Crippen LogP contribution in [0.15, 0.2) is 18.2 Å². The van der Waals surface area contributed by atoms with Crippen molar-refractivity contribution in [2.75, 3.05) is 18.0 Å². The van der Waals surface area contributed by atoms with Crippen molar-refractivity contribution in [2.24, 2.45) is 0 Å². The third-order valence-electron chi connectivity index (χ3n) is 3.60. The molecule has 1 N–H and O–H groups in total. The number of aryl methyl sites for hydroxylation is 1. The predicted octanol–water partition coefficient (Wildman–Crippen LogP) is 0.846. The lowest BCUT2D eigenvalue weighted by atomic mass is 9.93. The van der Waals surface area contributed by atoms with E-state index in [1.54, 1.807) is 12.1 Å². The molecule has 1 amide bonds. The van der Waals surface area contributed by atoms with E-state index in [2.05, 4.69) is 10.2 Å². The number of rotatable bonds is 1. The summed E-state index contributed by atoms with van der Waals surface area (Å²) in [7, 11) is 0. The van der Waals surface area contributed by atoms with E-state index in [-0.39, 0.29) is 22.6 Å². The zero-order valence-electron chi connectivity index (χ0n) is 9.76. The summed E-state index contributed by atoms with van der Waals surface area (Å²) in [6.07, 6.45) is 1.44. The Morgan fingerprint density at radius 2 is 2.28 bits per heavy atom. The monoisotopic (exact) mass is 247 g/mol. The number of piperazine rings is 1. The van der Waals surface area contributed by atoms with Crippen molar-refractivity contribution >= 4 is 17.3 Å². The lowest BCUT2D eigenvalue weighted by Crippen LogP contribution is -2.57. The van der Waals surface area contributed by atoms with Crippen LogP contribution in [-0.4, -0.2) is 30.0 Å². The normalized spacial score (nSPS) is 21.9. The highest BCUT2D eigenvalue weighted by molar-refractivity contribution is 5.87. The van der Waals surface area contributed by atoms with Crippen molar-refractivity contribution in [3.63, 3.8) is 0 Å². The maximum Gasteiger partial charge on any atom is 0.269 e. The van der Waals surface area contributed by atoms with Crippen molar-refractivity contribution in [2.45, 2.75) is 18.9 Å². The van der Waals surface area contributed by atoms with Gasteiger partial charge in [0.05, 0.1) is 4.92 Å². The number of amides is 1. The van der Waals surface area contributed by atoms with E-state index in [0.717, 1.165) is 24.2 Å². The molecule has 0 bridgehead atoms. The quantitative estimate of drug-likeness (QED) is 0.589. The fourth-order valence-corrected chi connectivity index (χ4v) is 2.75. The zero-order chi connectivity index (χ0) is 12.7. The van der Waals surface area contributed by atoms with Crippen molar-refractivity contribution in [3.8, 4) is 0 Å². The molecule has 2 aliphatic heterocycles. The Labute approximate surface area is 104 Å². The van der Waals surface area contributed by atoms with Crippen LogP contribution in [0.3, 0.4) is 0 Å². The van der Waals surface area contributed by atoms with Crippen molar-refractivity contribution in [1.29, 1.82) is 0 Å². The zero-order valence-corrected chi connectivity index (χ0v) is 9.76. The van der Waals surface area contributed by atoms with Gasteiger partial charge in [0, 0.05) is 30.9 Å². The summed E-state index contributed by atoms with van der Waals surface area (Å²) in [6.45, 7) is 1.40. The van der Waals surface area contributed by atoms with Gasteiger partial charge in [-0.2, -0.15) is 0 Å². The number of hydrogen-bond donors (Lipinski definition) is 1. The van der Waals surface area contributed by atoms with Gasteiger partial charge in [-0.1, -0.05) is 0 Å². The summed E-state index contributed by atoms with van der Waals surface area (Å²) in [5.41, 5.74) is 2.05. The van der Waals surface area contributed by atoms with Crippen LogP contribution in [0.25, 0.3) is 0 Å². The average molecular weight is 247 g/mol. The summed E-state index contributed by atoms with van der Waals surface area (Å²) in [5.74, 6) is 0.0604. The van der Waals surface area contributed by atoms with E-state index >= 15 is 0 Å². The van der Waals surface area contributed by atoms with Gasteiger partial charge in [0.2, 0.25) is 5.91 Å². The van der Waals surface area contributed by atoms with Gasteiger partial charge in [-0.15, -0.1) is 0 Å². The molecule has 3 rings (SSSR count). The minimum Gasteiger partial charge on any atom is -0.358 e. The van der Waals surface area contributed by atoms with Gasteiger partial charge in [0.15, 0.2) is 0 Å². The lowest BCUT2D eigenvalue weighted by Gasteiger charge is -2.41. The number of nitro groups is 1. The molecular formula is C12H13N3O3. The fourth-order valence-electron chi connectivity index (χ4n) is 2.75. The summed E-state index contributed by atoms with van der Waals surface area (Å²) < 4.78 is 0. The molecular weight excluding hydrogens is 234 g/mol. The van der Waals surface area contributed by atoms with Crippen LogP contribution >= 0.6 is 0 Å². The highest BCUT2D eigenvalue weighted by atomic mass is 16.6. The topological polar surface area (TPSA) is 75.5 Å². The third kappa shape index (κ3) is 1.61. The minimum absolute atomic E-state index is 0.0604. The average Bonchev–Trinajstić information content (AvgIpc) is 2.38. The summed E-state index contributed by atoms with van der Waals surface area (Å²) >= 11 is 0. The molecule has 1 unspecified atom stereocenters. The predicted molar refractivity (Wildman–Crippen MR) is 65.6 cm³/mol. The fraction of sp³-hybridized carbons (Fsp3) is 0.417. The van der Waals surface area contributed by atoms with E-state index < -0.39 is 0 Å². The number of anilines is 1. The Morgan fingerprint density at radius 1 is 1.44 bits per heavy atom. The van der Waals surface area contributed by atoms with E-state index in [1.807, 2.05) is 0 Å². The van der Waals surface area contributed by atoms with Crippen LogP contribution in [-0.2, 0) is 11.2 Å². The number of nitro benzene ring substituents is 1. The van der Waals surface area contributed by atoms with Crippen molar-refractivity contribution in [1.82, 2.24) is 5.32 Å². The molecule has 1 saturated heterocycles. The van der Waals surface area contributed by atoms with Crippen molar-refractivity contribution < 1.29 is 9.72 Å².